The molecule has 0 saturated carbocycles. The first-order valence-electron chi connectivity index (χ1n) is 6.29. The van der Waals surface area contributed by atoms with Crippen molar-refractivity contribution >= 4 is 11.8 Å². The molecular weight excluding hydrogens is 228 g/mol. The molecule has 1 aliphatic carbocycles. The van der Waals surface area contributed by atoms with Crippen LogP contribution in [0.3, 0.4) is 0 Å². The molecule has 0 saturated heterocycles. The molecule has 1 aromatic rings. The van der Waals surface area contributed by atoms with Crippen molar-refractivity contribution < 1.29 is 14.7 Å². The summed E-state index contributed by atoms with van der Waals surface area (Å²) in [6.45, 7) is 5.89. The van der Waals surface area contributed by atoms with Gasteiger partial charge in [-0.15, -0.1) is 0 Å². The number of carbonyl (C=O) groups is 2. The molecule has 0 amide bonds. The monoisotopic (exact) mass is 246 g/mol. The van der Waals surface area contributed by atoms with Gasteiger partial charge < -0.3 is 5.11 Å². The average Bonchev–Trinajstić information content (AvgIpc) is 2.53. The molecule has 3 heteroatoms. The van der Waals surface area contributed by atoms with Crippen molar-refractivity contribution in [2.45, 2.75) is 40.0 Å². The SMILES string of the molecule is Cc1cc2c(c(C)c1CCC(=O)O)C(=O)[C@H](C)C2. The Morgan fingerprint density at radius 1 is 1.44 bits per heavy atom. The van der Waals surface area contributed by atoms with Crippen LogP contribution in [0, 0.1) is 19.8 Å². The molecular formula is C15H18O3. The summed E-state index contributed by atoms with van der Waals surface area (Å²) in [7, 11) is 0. The van der Waals surface area contributed by atoms with E-state index in [9.17, 15) is 9.59 Å². The standard InChI is InChI=1S/C15H18O3/c1-8-6-11-7-9(2)15(18)14(11)10(3)12(8)4-5-13(16)17/h6,9H,4-5,7H2,1-3H3,(H,16,17)/t9-/m1/s1. The molecule has 18 heavy (non-hydrogen) atoms. The number of carboxylic acids is 1. The van der Waals surface area contributed by atoms with Gasteiger partial charge >= 0.3 is 5.97 Å². The topological polar surface area (TPSA) is 54.4 Å². The summed E-state index contributed by atoms with van der Waals surface area (Å²) in [4.78, 5) is 22.8. The number of Topliss-reactive ketones (excluding diaryl/α,β-unsaturated/α-hetero) is 1. The van der Waals surface area contributed by atoms with E-state index in [1.807, 2.05) is 20.8 Å². The Morgan fingerprint density at radius 3 is 2.72 bits per heavy atom. The van der Waals surface area contributed by atoms with E-state index in [1.54, 1.807) is 0 Å². The lowest BCUT2D eigenvalue weighted by Crippen LogP contribution is -2.08. The second kappa shape index (κ2) is 4.56. The van der Waals surface area contributed by atoms with Gasteiger partial charge in [0.25, 0.3) is 0 Å². The van der Waals surface area contributed by atoms with Crippen LogP contribution in [0.4, 0.5) is 0 Å². The molecule has 0 unspecified atom stereocenters. The van der Waals surface area contributed by atoms with Crippen molar-refractivity contribution in [2.75, 3.05) is 0 Å². The maximum atomic E-state index is 12.1. The van der Waals surface area contributed by atoms with Gasteiger partial charge in [0.15, 0.2) is 5.78 Å². The Kier molecular flexibility index (Phi) is 3.24. The molecule has 0 fully saturated rings. The van der Waals surface area contributed by atoms with E-state index in [1.165, 1.54) is 0 Å². The van der Waals surface area contributed by atoms with Crippen LogP contribution < -0.4 is 0 Å². The molecule has 0 heterocycles. The van der Waals surface area contributed by atoms with Crippen molar-refractivity contribution in [1.82, 2.24) is 0 Å². The highest BCUT2D eigenvalue weighted by atomic mass is 16.4. The van der Waals surface area contributed by atoms with Gasteiger partial charge in [-0.25, -0.2) is 0 Å². The molecule has 96 valence electrons. The van der Waals surface area contributed by atoms with Gasteiger partial charge in [-0.2, -0.15) is 0 Å². The zero-order valence-corrected chi connectivity index (χ0v) is 11.0. The predicted octanol–water partition coefficient (Wildman–Crippen LogP) is 2.70. The number of hydrogen-bond donors (Lipinski definition) is 1. The second-order valence-electron chi connectivity index (χ2n) is 5.19. The highest BCUT2D eigenvalue weighted by Gasteiger charge is 2.30. The minimum atomic E-state index is -0.797. The third-order valence-corrected chi connectivity index (χ3v) is 3.82. The smallest absolute Gasteiger partial charge is 0.303 e. The van der Waals surface area contributed by atoms with E-state index in [0.29, 0.717) is 6.42 Å². The highest BCUT2D eigenvalue weighted by molar-refractivity contribution is 6.03. The van der Waals surface area contributed by atoms with Gasteiger partial charge in [-0.3, -0.25) is 9.59 Å². The predicted molar refractivity (Wildman–Crippen MR) is 69.1 cm³/mol. The van der Waals surface area contributed by atoms with Crippen LogP contribution in [-0.2, 0) is 17.6 Å². The number of rotatable bonds is 3. The van der Waals surface area contributed by atoms with Crippen molar-refractivity contribution in [2.24, 2.45) is 5.92 Å². The normalized spacial score (nSPS) is 17.9. The van der Waals surface area contributed by atoms with Gasteiger partial charge in [0, 0.05) is 17.9 Å². The minimum absolute atomic E-state index is 0.0628. The summed E-state index contributed by atoms with van der Waals surface area (Å²) in [6.07, 6.45) is 1.43. The Hall–Kier alpha value is -1.64. The Balaban J connectivity index is 2.45. The van der Waals surface area contributed by atoms with E-state index < -0.39 is 5.97 Å². The molecule has 1 aliphatic rings. The second-order valence-corrected chi connectivity index (χ2v) is 5.19. The van der Waals surface area contributed by atoms with Crippen LogP contribution in [0.5, 0.6) is 0 Å². The number of hydrogen-bond acceptors (Lipinski definition) is 2. The lowest BCUT2D eigenvalue weighted by molar-refractivity contribution is -0.136. The summed E-state index contributed by atoms with van der Waals surface area (Å²) >= 11 is 0. The molecule has 2 rings (SSSR count). The van der Waals surface area contributed by atoms with Gasteiger partial charge in [0.2, 0.25) is 0 Å². The zero-order chi connectivity index (χ0) is 13.4. The summed E-state index contributed by atoms with van der Waals surface area (Å²) in [5.74, 6) is -0.527. The third-order valence-electron chi connectivity index (χ3n) is 3.82. The van der Waals surface area contributed by atoms with Gasteiger partial charge in [-0.1, -0.05) is 13.0 Å². The number of aliphatic carboxylic acids is 1. The number of fused-ring (bicyclic) bond motifs is 1. The average molecular weight is 246 g/mol. The van der Waals surface area contributed by atoms with Gasteiger partial charge in [0.05, 0.1) is 0 Å². The van der Waals surface area contributed by atoms with Gasteiger partial charge in [0.1, 0.15) is 0 Å². The zero-order valence-electron chi connectivity index (χ0n) is 11.0. The molecule has 0 radical (unpaired) electrons. The molecule has 0 spiro atoms. The highest BCUT2D eigenvalue weighted by Crippen LogP contribution is 2.33. The number of aryl methyl sites for hydroxylation is 1. The summed E-state index contributed by atoms with van der Waals surface area (Å²) in [6, 6.07) is 2.06. The Morgan fingerprint density at radius 2 is 2.11 bits per heavy atom. The minimum Gasteiger partial charge on any atom is -0.481 e. The van der Waals surface area contributed by atoms with E-state index in [-0.39, 0.29) is 18.1 Å². The lowest BCUT2D eigenvalue weighted by atomic mass is 9.91. The fraction of sp³-hybridized carbons (Fsp3) is 0.467. The van der Waals surface area contributed by atoms with Crippen LogP contribution in [0.25, 0.3) is 0 Å². The summed E-state index contributed by atoms with van der Waals surface area (Å²) < 4.78 is 0. The van der Waals surface area contributed by atoms with Crippen molar-refractivity contribution in [1.29, 1.82) is 0 Å². The molecule has 0 aromatic heterocycles. The number of carboxylic acid groups (broad SMARTS) is 1. The maximum Gasteiger partial charge on any atom is 0.303 e. The third kappa shape index (κ3) is 2.05. The molecule has 0 bridgehead atoms. The molecule has 1 N–H and O–H groups in total. The Bertz CT molecular complexity index is 529. The number of benzene rings is 1. The van der Waals surface area contributed by atoms with E-state index in [4.69, 9.17) is 5.11 Å². The largest absolute Gasteiger partial charge is 0.481 e. The first kappa shape index (κ1) is 12.8. The fourth-order valence-electron chi connectivity index (χ4n) is 2.90. The Labute approximate surface area is 107 Å². The first-order chi connectivity index (χ1) is 8.41. The van der Waals surface area contributed by atoms with E-state index in [2.05, 4.69) is 6.07 Å². The van der Waals surface area contributed by atoms with Crippen LogP contribution >= 0.6 is 0 Å². The van der Waals surface area contributed by atoms with Gasteiger partial charge in [-0.05, 0) is 48.9 Å². The maximum absolute atomic E-state index is 12.1. The lowest BCUT2D eigenvalue weighted by Gasteiger charge is -2.13. The molecule has 3 nitrogen and oxygen atoms in total. The molecule has 1 aromatic carbocycles. The van der Waals surface area contributed by atoms with Crippen molar-refractivity contribution in [3.8, 4) is 0 Å². The van der Waals surface area contributed by atoms with E-state index in [0.717, 1.165) is 34.2 Å². The molecule has 0 aliphatic heterocycles. The number of carbonyl (C=O) groups excluding carboxylic acids is 1. The summed E-state index contributed by atoms with van der Waals surface area (Å²) in [5.41, 5.74) is 5.09. The van der Waals surface area contributed by atoms with E-state index >= 15 is 0 Å². The van der Waals surface area contributed by atoms with Crippen molar-refractivity contribution in [3.05, 3.63) is 33.9 Å². The fourth-order valence-corrected chi connectivity index (χ4v) is 2.90. The summed E-state index contributed by atoms with van der Waals surface area (Å²) in [5, 5.41) is 8.78. The quantitative estimate of drug-likeness (QED) is 0.892. The van der Waals surface area contributed by atoms with Crippen LogP contribution in [-0.4, -0.2) is 16.9 Å². The van der Waals surface area contributed by atoms with Crippen molar-refractivity contribution in [3.63, 3.8) is 0 Å². The first-order valence-corrected chi connectivity index (χ1v) is 6.29. The number of ketones is 1. The van der Waals surface area contributed by atoms with Crippen LogP contribution in [0.15, 0.2) is 6.07 Å². The van der Waals surface area contributed by atoms with Crippen LogP contribution in [0.1, 0.15) is 46.0 Å². The molecule has 1 atom stereocenters. The van der Waals surface area contributed by atoms with Crippen LogP contribution in [0.2, 0.25) is 0 Å².